The highest BCUT2D eigenvalue weighted by Gasteiger charge is 2.28. The Morgan fingerprint density at radius 2 is 1.87 bits per heavy atom. The van der Waals surface area contributed by atoms with Gasteiger partial charge in [-0.25, -0.2) is 8.78 Å². The van der Waals surface area contributed by atoms with Gasteiger partial charge in [-0.2, -0.15) is 0 Å². The van der Waals surface area contributed by atoms with Crippen LogP contribution in [0.3, 0.4) is 0 Å². The van der Waals surface area contributed by atoms with E-state index in [1.807, 2.05) is 18.5 Å². The van der Waals surface area contributed by atoms with E-state index in [2.05, 4.69) is 14.9 Å². The number of carbonyl (C=O) groups excluding carboxylic acids is 1. The first-order valence-electron chi connectivity index (χ1n) is 10.3. The van der Waals surface area contributed by atoms with E-state index in [0.29, 0.717) is 11.8 Å². The monoisotopic (exact) mass is 407 g/mol. The van der Waals surface area contributed by atoms with Gasteiger partial charge in [0.1, 0.15) is 17.9 Å². The smallest absolute Gasteiger partial charge is 0.137 e. The number of benzene rings is 2. The van der Waals surface area contributed by atoms with Crippen molar-refractivity contribution in [3.63, 3.8) is 0 Å². The Hall–Kier alpha value is -2.99. The lowest BCUT2D eigenvalue weighted by Crippen LogP contribution is -2.43. The van der Waals surface area contributed by atoms with Crippen molar-refractivity contribution < 1.29 is 13.6 Å². The Bertz CT molecular complexity index is 1200. The molecule has 2 aromatic heterocycles. The first kappa shape index (κ1) is 19.0. The summed E-state index contributed by atoms with van der Waals surface area (Å²) in [7, 11) is 0. The number of nitrogens with one attached hydrogen (secondary N) is 2. The molecule has 0 amide bonds. The number of halogens is 2. The third-order valence-electron chi connectivity index (χ3n) is 6.44. The van der Waals surface area contributed by atoms with Crippen molar-refractivity contribution in [1.29, 1.82) is 0 Å². The number of hydrogen-bond donors (Lipinski definition) is 2. The van der Waals surface area contributed by atoms with Gasteiger partial charge in [0.2, 0.25) is 0 Å². The molecule has 2 aromatic carbocycles. The molecule has 0 spiro atoms. The van der Waals surface area contributed by atoms with Crippen LogP contribution in [0.25, 0.3) is 21.8 Å². The molecular formula is C24H23F2N3O. The van der Waals surface area contributed by atoms with E-state index >= 15 is 0 Å². The molecule has 0 bridgehead atoms. The zero-order valence-electron chi connectivity index (χ0n) is 16.5. The Morgan fingerprint density at radius 3 is 2.67 bits per heavy atom. The molecule has 1 fully saturated rings. The van der Waals surface area contributed by atoms with Gasteiger partial charge in [0, 0.05) is 34.2 Å². The number of hydrogen-bond acceptors (Lipinski definition) is 2. The van der Waals surface area contributed by atoms with Crippen molar-refractivity contribution in [2.24, 2.45) is 0 Å². The fraction of sp³-hybridized carbons (Fsp3) is 0.292. The normalized spacial score (nSPS) is 17.0. The molecule has 1 aliphatic heterocycles. The van der Waals surface area contributed by atoms with Crippen LogP contribution < -0.4 is 0 Å². The third kappa shape index (κ3) is 3.31. The first-order valence-corrected chi connectivity index (χ1v) is 10.3. The molecule has 1 atom stereocenters. The Morgan fingerprint density at radius 1 is 1.07 bits per heavy atom. The molecule has 1 saturated heterocycles. The third-order valence-corrected chi connectivity index (χ3v) is 6.44. The van der Waals surface area contributed by atoms with Crippen LogP contribution in [0, 0.1) is 11.6 Å². The molecule has 0 saturated carbocycles. The van der Waals surface area contributed by atoms with E-state index in [0.717, 1.165) is 59.8 Å². The molecule has 4 aromatic rings. The zero-order valence-corrected chi connectivity index (χ0v) is 16.5. The van der Waals surface area contributed by atoms with Crippen LogP contribution >= 0.6 is 0 Å². The van der Waals surface area contributed by atoms with E-state index < -0.39 is 0 Å². The maximum absolute atomic E-state index is 14.4. The van der Waals surface area contributed by atoms with Crippen molar-refractivity contribution >= 4 is 28.1 Å². The second-order valence-electron chi connectivity index (χ2n) is 8.13. The van der Waals surface area contributed by atoms with Crippen LogP contribution in [-0.2, 0) is 11.2 Å². The van der Waals surface area contributed by atoms with Crippen molar-refractivity contribution in [2.45, 2.75) is 31.2 Å². The van der Waals surface area contributed by atoms with E-state index in [1.165, 1.54) is 18.2 Å². The van der Waals surface area contributed by atoms with Gasteiger partial charge in [-0.15, -0.1) is 0 Å². The standard InChI is InChI=1S/C24H23F2N3O/c25-17-4-5-22-19(11-17)16(12-27-22)10-18(14-30)29-8-6-15(7-9-29)20-13-28-23-3-1-2-21(26)24(20)23/h1-5,11-15,18,27-28H,6-10H2. The molecule has 154 valence electrons. The summed E-state index contributed by atoms with van der Waals surface area (Å²) in [4.78, 5) is 20.4. The topological polar surface area (TPSA) is 51.9 Å². The average molecular weight is 407 g/mol. The number of rotatable bonds is 5. The molecule has 0 radical (unpaired) electrons. The van der Waals surface area contributed by atoms with Crippen LogP contribution in [0.4, 0.5) is 8.78 Å². The van der Waals surface area contributed by atoms with Gasteiger partial charge in [-0.1, -0.05) is 6.07 Å². The minimum absolute atomic E-state index is 0.191. The van der Waals surface area contributed by atoms with Crippen molar-refractivity contribution in [3.8, 4) is 0 Å². The maximum atomic E-state index is 14.4. The average Bonchev–Trinajstić information content (AvgIpc) is 3.37. The van der Waals surface area contributed by atoms with Gasteiger partial charge in [0.25, 0.3) is 0 Å². The summed E-state index contributed by atoms with van der Waals surface area (Å²) in [5.41, 5.74) is 3.67. The molecule has 4 nitrogen and oxygen atoms in total. The Kier molecular flexibility index (Phi) is 4.87. The SMILES string of the molecule is O=CC(Cc1c[nH]c2ccc(F)cc12)N1CCC(c2c[nH]c3cccc(F)c23)CC1. The van der Waals surface area contributed by atoms with Gasteiger partial charge >= 0.3 is 0 Å². The summed E-state index contributed by atoms with van der Waals surface area (Å²) in [6.07, 6.45) is 7.05. The van der Waals surface area contributed by atoms with Gasteiger partial charge in [-0.3, -0.25) is 4.90 Å². The van der Waals surface area contributed by atoms with Crippen LogP contribution in [-0.4, -0.2) is 40.3 Å². The van der Waals surface area contributed by atoms with Gasteiger partial charge in [0.15, 0.2) is 0 Å². The number of likely N-dealkylation sites (tertiary alicyclic amines) is 1. The number of aromatic nitrogens is 2. The molecule has 0 aliphatic carbocycles. The van der Waals surface area contributed by atoms with Crippen LogP contribution in [0.15, 0.2) is 48.8 Å². The predicted octanol–water partition coefficient (Wildman–Crippen LogP) is 4.92. The summed E-state index contributed by atoms with van der Waals surface area (Å²) in [6, 6.07) is 9.51. The summed E-state index contributed by atoms with van der Waals surface area (Å²) in [6.45, 7) is 1.54. The summed E-state index contributed by atoms with van der Waals surface area (Å²) in [5, 5.41) is 1.51. The summed E-state index contributed by atoms with van der Waals surface area (Å²) < 4.78 is 28.0. The van der Waals surface area contributed by atoms with Gasteiger partial charge in [0.05, 0.1) is 6.04 Å². The summed E-state index contributed by atoms with van der Waals surface area (Å²) >= 11 is 0. The Balaban J connectivity index is 1.31. The number of fused-ring (bicyclic) bond motifs is 2. The molecule has 2 N–H and O–H groups in total. The number of H-pyrrole nitrogens is 2. The van der Waals surface area contributed by atoms with Crippen LogP contribution in [0.5, 0.6) is 0 Å². The van der Waals surface area contributed by atoms with E-state index in [4.69, 9.17) is 0 Å². The quantitative estimate of drug-likeness (QED) is 0.462. The highest BCUT2D eigenvalue weighted by atomic mass is 19.1. The van der Waals surface area contributed by atoms with E-state index in [9.17, 15) is 13.6 Å². The molecule has 3 heterocycles. The van der Waals surface area contributed by atoms with Crippen LogP contribution in [0.1, 0.15) is 29.9 Å². The molecule has 1 unspecified atom stereocenters. The zero-order chi connectivity index (χ0) is 20.7. The summed E-state index contributed by atoms with van der Waals surface area (Å²) in [5.74, 6) is -0.206. The van der Waals surface area contributed by atoms with E-state index in [1.54, 1.807) is 12.1 Å². The predicted molar refractivity (Wildman–Crippen MR) is 114 cm³/mol. The second kappa shape index (κ2) is 7.69. The highest BCUT2D eigenvalue weighted by Crippen LogP contribution is 2.35. The highest BCUT2D eigenvalue weighted by molar-refractivity contribution is 5.85. The Labute approximate surface area is 172 Å². The molecular weight excluding hydrogens is 384 g/mol. The number of aldehydes is 1. The van der Waals surface area contributed by atoms with E-state index in [-0.39, 0.29) is 23.6 Å². The maximum Gasteiger partial charge on any atom is 0.137 e. The second-order valence-corrected chi connectivity index (χ2v) is 8.13. The lowest BCUT2D eigenvalue weighted by molar-refractivity contribution is -0.112. The molecule has 30 heavy (non-hydrogen) atoms. The molecule has 6 heteroatoms. The minimum Gasteiger partial charge on any atom is -0.361 e. The first-order chi connectivity index (χ1) is 14.6. The van der Waals surface area contributed by atoms with Gasteiger partial charge in [-0.05, 0) is 79.7 Å². The fourth-order valence-electron chi connectivity index (χ4n) is 4.84. The fourth-order valence-corrected chi connectivity index (χ4v) is 4.84. The van der Waals surface area contributed by atoms with Gasteiger partial charge < -0.3 is 14.8 Å². The molecule has 5 rings (SSSR count). The van der Waals surface area contributed by atoms with Crippen molar-refractivity contribution in [1.82, 2.24) is 14.9 Å². The number of carbonyl (C=O) groups is 1. The number of piperidine rings is 1. The minimum atomic E-state index is -0.280. The lowest BCUT2D eigenvalue weighted by Gasteiger charge is -2.35. The molecule has 1 aliphatic rings. The van der Waals surface area contributed by atoms with Crippen LogP contribution in [0.2, 0.25) is 0 Å². The lowest BCUT2D eigenvalue weighted by atomic mass is 9.88. The van der Waals surface area contributed by atoms with Crippen molar-refractivity contribution in [3.05, 3.63) is 71.6 Å². The number of aromatic amines is 2. The largest absolute Gasteiger partial charge is 0.361 e. The number of nitrogens with zero attached hydrogens (tertiary/aromatic N) is 1. The van der Waals surface area contributed by atoms with Crippen molar-refractivity contribution in [2.75, 3.05) is 13.1 Å².